The van der Waals surface area contributed by atoms with Gasteiger partial charge in [-0.15, -0.1) is 0 Å². The average Bonchev–Trinajstić information content (AvgIpc) is 3.40. The van der Waals surface area contributed by atoms with Crippen LogP contribution in [0.3, 0.4) is 0 Å². The number of likely N-dealkylation sites (N-methyl/N-ethyl adjacent to an activating group) is 1. The molecule has 0 bridgehead atoms. The van der Waals surface area contributed by atoms with E-state index >= 15 is 0 Å². The van der Waals surface area contributed by atoms with Gasteiger partial charge in [0.2, 0.25) is 0 Å². The largest absolute Gasteiger partial charge is 0.545 e. The molecule has 77 heavy (non-hydrogen) atoms. The molecule has 446 valence electrons. The maximum Gasteiger partial charge on any atom is 0.306 e. The van der Waals surface area contributed by atoms with E-state index in [1.165, 1.54) is 193 Å². The van der Waals surface area contributed by atoms with E-state index < -0.39 is 24.3 Å². The molecule has 0 aliphatic heterocycles. The Kier molecular flexibility index (Phi) is 56.4. The molecule has 0 aliphatic rings. The normalized spacial score (nSPS) is 13.2. The van der Waals surface area contributed by atoms with Crippen molar-refractivity contribution in [3.63, 3.8) is 0 Å². The molecule has 0 aromatic heterocycles. The zero-order valence-corrected chi connectivity index (χ0v) is 50.8. The molecule has 0 aromatic rings. The van der Waals surface area contributed by atoms with E-state index in [1.54, 1.807) is 0 Å². The van der Waals surface area contributed by atoms with Gasteiger partial charge in [0.1, 0.15) is 13.2 Å². The van der Waals surface area contributed by atoms with Crippen molar-refractivity contribution >= 4 is 17.9 Å². The predicted octanol–water partition coefficient (Wildman–Crippen LogP) is 18.0. The van der Waals surface area contributed by atoms with Gasteiger partial charge in [-0.3, -0.25) is 9.59 Å². The maximum absolute atomic E-state index is 12.8. The Morgan fingerprint density at radius 3 is 1.08 bits per heavy atom. The summed E-state index contributed by atoms with van der Waals surface area (Å²) in [6, 6.07) is 0. The van der Waals surface area contributed by atoms with E-state index in [9.17, 15) is 19.5 Å². The number of aliphatic carboxylic acids is 1. The van der Waals surface area contributed by atoms with Crippen molar-refractivity contribution in [1.82, 2.24) is 0 Å². The molecule has 9 heteroatoms. The summed E-state index contributed by atoms with van der Waals surface area (Å²) >= 11 is 0. The fourth-order valence-electron chi connectivity index (χ4n) is 9.09. The van der Waals surface area contributed by atoms with E-state index in [4.69, 9.17) is 18.9 Å². The third kappa shape index (κ3) is 60.2. The van der Waals surface area contributed by atoms with Crippen LogP contribution in [0.5, 0.6) is 0 Å². The van der Waals surface area contributed by atoms with Crippen molar-refractivity contribution in [2.24, 2.45) is 0 Å². The van der Waals surface area contributed by atoms with Gasteiger partial charge in [0.15, 0.2) is 12.4 Å². The number of hydrogen-bond acceptors (Lipinski definition) is 8. The van der Waals surface area contributed by atoms with Crippen molar-refractivity contribution in [3.8, 4) is 0 Å². The van der Waals surface area contributed by atoms with Gasteiger partial charge in [-0.1, -0.05) is 292 Å². The minimum Gasteiger partial charge on any atom is -0.545 e. The van der Waals surface area contributed by atoms with Crippen molar-refractivity contribution in [2.75, 3.05) is 47.5 Å². The average molecular weight is 1080 g/mol. The van der Waals surface area contributed by atoms with Crippen molar-refractivity contribution < 1.29 is 42.9 Å². The van der Waals surface area contributed by atoms with E-state index in [0.717, 1.165) is 57.8 Å². The van der Waals surface area contributed by atoms with Gasteiger partial charge in [0, 0.05) is 12.8 Å². The Morgan fingerprint density at radius 1 is 0.403 bits per heavy atom. The minimum atomic E-state index is -1.64. The van der Waals surface area contributed by atoms with Crippen LogP contribution in [-0.2, 0) is 33.3 Å². The van der Waals surface area contributed by atoms with Crippen LogP contribution in [-0.4, -0.2) is 82.3 Å². The number of nitrogens with zero attached hydrogens (tertiary/aromatic N) is 1. The second-order valence-corrected chi connectivity index (χ2v) is 22.7. The molecule has 0 rings (SSSR count). The third-order valence-corrected chi connectivity index (χ3v) is 14.0. The first-order valence-electron chi connectivity index (χ1n) is 32.1. The first-order chi connectivity index (χ1) is 37.6. The number of carboxylic acid groups (broad SMARTS) is 1. The number of hydrogen-bond donors (Lipinski definition) is 0. The number of quaternary nitrogens is 1. The van der Waals surface area contributed by atoms with Crippen LogP contribution in [0.25, 0.3) is 0 Å². The Labute approximate surface area is 475 Å². The lowest BCUT2D eigenvalue weighted by molar-refractivity contribution is -0.870. The van der Waals surface area contributed by atoms with E-state index in [1.807, 2.05) is 33.3 Å². The molecule has 0 fully saturated rings. The van der Waals surface area contributed by atoms with Crippen molar-refractivity contribution in [2.45, 2.75) is 296 Å². The summed E-state index contributed by atoms with van der Waals surface area (Å²) in [6.45, 7) is 4.58. The summed E-state index contributed by atoms with van der Waals surface area (Å²) in [7, 11) is 5.90. The minimum absolute atomic E-state index is 0.121. The Balaban J connectivity index is 4.12. The molecular weight excluding hydrogens is 959 g/mol. The number of unbranched alkanes of at least 4 members (excludes halogenated alkanes) is 32. The molecule has 2 atom stereocenters. The molecule has 0 heterocycles. The number of rotatable bonds is 59. The van der Waals surface area contributed by atoms with Gasteiger partial charge >= 0.3 is 11.9 Å². The summed E-state index contributed by atoms with van der Waals surface area (Å²) in [5, 5.41) is 11.8. The second kappa shape index (κ2) is 58.9. The fraction of sp³-hybridized carbons (Fsp3) is 0.779. The number of allylic oxidation sites excluding steroid dienone is 12. The molecule has 0 N–H and O–H groups in total. The number of esters is 2. The summed E-state index contributed by atoms with van der Waals surface area (Å²) < 4.78 is 22.6. The molecule has 0 saturated heterocycles. The lowest BCUT2D eigenvalue weighted by Gasteiger charge is -2.26. The summed E-state index contributed by atoms with van der Waals surface area (Å²) in [5.41, 5.74) is 0. The van der Waals surface area contributed by atoms with Crippen LogP contribution in [0.2, 0.25) is 0 Å². The van der Waals surface area contributed by atoms with Gasteiger partial charge in [0.05, 0.1) is 40.3 Å². The smallest absolute Gasteiger partial charge is 0.306 e. The summed E-state index contributed by atoms with van der Waals surface area (Å²) in [5.74, 6) is -2.39. The standard InChI is InChI=1S/C68H121NO8/c1-6-8-10-12-14-16-18-20-22-24-26-27-28-29-30-31-32-33-34-35-36-37-38-39-41-42-44-46-48-50-52-54-56-58-65(70)75-62-64(63-76-68(67(72)73)74-61-60-69(3,4)5)77-66(71)59-57-55-53-51-49-47-45-43-40-25-23-21-19-17-15-13-11-9-7-2/h9,11,15,17,21,23,40,43,47,49,53,55,64,68H,6-8,10,12-14,16,18-20,22,24-39,41-42,44-46,48,50-52,54,56-63H2,1-5H3/b11-9-,17-15-,23-21-,43-40-,49-47-,55-53-. The Morgan fingerprint density at radius 2 is 0.740 bits per heavy atom. The highest BCUT2D eigenvalue weighted by Crippen LogP contribution is 2.18. The third-order valence-electron chi connectivity index (χ3n) is 14.0. The molecule has 0 amide bonds. The van der Waals surface area contributed by atoms with Crippen molar-refractivity contribution in [3.05, 3.63) is 72.9 Å². The van der Waals surface area contributed by atoms with Gasteiger partial charge < -0.3 is 33.3 Å². The molecule has 0 spiro atoms. The number of carbonyl (C=O) groups excluding carboxylic acids is 3. The molecular formula is C68H121NO8. The van der Waals surface area contributed by atoms with Crippen LogP contribution in [0.15, 0.2) is 72.9 Å². The molecule has 0 aromatic carbocycles. The van der Waals surface area contributed by atoms with Crippen LogP contribution >= 0.6 is 0 Å². The quantitative estimate of drug-likeness (QED) is 0.0195. The van der Waals surface area contributed by atoms with Crippen molar-refractivity contribution in [1.29, 1.82) is 0 Å². The molecule has 0 radical (unpaired) electrons. The topological polar surface area (TPSA) is 111 Å². The van der Waals surface area contributed by atoms with Crippen LogP contribution < -0.4 is 5.11 Å². The monoisotopic (exact) mass is 1080 g/mol. The van der Waals surface area contributed by atoms with E-state index in [-0.39, 0.29) is 38.6 Å². The first-order valence-corrected chi connectivity index (χ1v) is 32.1. The van der Waals surface area contributed by atoms with Crippen LogP contribution in [0, 0.1) is 0 Å². The van der Waals surface area contributed by atoms with Gasteiger partial charge in [0.25, 0.3) is 0 Å². The molecule has 9 nitrogen and oxygen atoms in total. The maximum atomic E-state index is 12.8. The number of carboxylic acids is 1. The highest BCUT2D eigenvalue weighted by molar-refractivity contribution is 5.70. The second-order valence-electron chi connectivity index (χ2n) is 22.7. The molecule has 2 unspecified atom stereocenters. The SMILES string of the molecule is CC/C=C\C/C=C\C/C=C\C/C=C\C/C=C\C/C=C\CCC(=O)OC(COC(=O)CCCCCCCCCCCCCCCCCCCCCCCCCCCCCCCCCCC)COC(OCC[N+](C)(C)C)C(=O)[O-]. The summed E-state index contributed by atoms with van der Waals surface area (Å²) in [6.07, 6.45) is 74.4. The highest BCUT2D eigenvalue weighted by atomic mass is 16.7. The molecule has 0 aliphatic carbocycles. The lowest BCUT2D eigenvalue weighted by atomic mass is 10.0. The van der Waals surface area contributed by atoms with Gasteiger partial charge in [-0.2, -0.15) is 0 Å². The van der Waals surface area contributed by atoms with E-state index in [2.05, 4.69) is 74.6 Å². The van der Waals surface area contributed by atoms with Gasteiger partial charge in [-0.25, -0.2) is 0 Å². The van der Waals surface area contributed by atoms with Crippen LogP contribution in [0.1, 0.15) is 284 Å². The lowest BCUT2D eigenvalue weighted by Crippen LogP contribution is -2.44. The Bertz CT molecular complexity index is 1490. The zero-order chi connectivity index (χ0) is 56.2. The van der Waals surface area contributed by atoms with E-state index in [0.29, 0.717) is 17.4 Å². The zero-order valence-electron chi connectivity index (χ0n) is 50.8. The fourth-order valence-corrected chi connectivity index (χ4v) is 9.09. The molecule has 0 saturated carbocycles. The predicted molar refractivity (Wildman–Crippen MR) is 325 cm³/mol. The Hall–Kier alpha value is -3.27. The van der Waals surface area contributed by atoms with Gasteiger partial charge in [-0.05, 0) is 51.4 Å². The number of ether oxygens (including phenoxy) is 4. The number of carbonyl (C=O) groups is 3. The van der Waals surface area contributed by atoms with Crippen LogP contribution in [0.4, 0.5) is 0 Å². The summed E-state index contributed by atoms with van der Waals surface area (Å²) in [4.78, 5) is 37.3. The first kappa shape index (κ1) is 73.7. The highest BCUT2D eigenvalue weighted by Gasteiger charge is 2.22.